The molecule has 0 spiro atoms. The fourth-order valence-corrected chi connectivity index (χ4v) is 4.17. The SMILES string of the molecule is COc1cc(/C=C(/C#N)C(=O)Nc2ccc(C)c(Cl)c2)cc(Cl)c1OCc1cccc2ccccc12. The number of benzene rings is 4. The molecule has 0 aliphatic rings. The summed E-state index contributed by atoms with van der Waals surface area (Å²) in [5, 5.41) is 15.3. The Balaban J connectivity index is 1.56. The molecule has 7 heteroatoms. The molecule has 0 heterocycles. The van der Waals surface area contributed by atoms with E-state index in [1.54, 1.807) is 30.3 Å². The lowest BCUT2D eigenvalue weighted by Crippen LogP contribution is -2.13. The van der Waals surface area contributed by atoms with Crippen LogP contribution in [0.3, 0.4) is 0 Å². The number of nitriles is 1. The highest BCUT2D eigenvalue weighted by Gasteiger charge is 2.15. The van der Waals surface area contributed by atoms with Crippen LogP contribution in [0.2, 0.25) is 10.0 Å². The number of rotatable bonds is 7. The van der Waals surface area contributed by atoms with Gasteiger partial charge in [0.1, 0.15) is 18.2 Å². The van der Waals surface area contributed by atoms with Gasteiger partial charge < -0.3 is 14.8 Å². The van der Waals surface area contributed by atoms with Crippen LogP contribution in [0, 0.1) is 18.3 Å². The number of nitrogens with one attached hydrogen (secondary N) is 1. The number of anilines is 1. The summed E-state index contributed by atoms with van der Waals surface area (Å²) in [5.74, 6) is 0.197. The van der Waals surface area contributed by atoms with Crippen LogP contribution in [0.4, 0.5) is 5.69 Å². The van der Waals surface area contributed by atoms with E-state index in [-0.39, 0.29) is 12.2 Å². The van der Waals surface area contributed by atoms with E-state index in [2.05, 4.69) is 5.32 Å². The second-order valence-corrected chi connectivity index (χ2v) is 8.86. The van der Waals surface area contributed by atoms with E-state index in [0.29, 0.717) is 32.8 Å². The lowest BCUT2D eigenvalue weighted by molar-refractivity contribution is -0.112. The highest BCUT2D eigenvalue weighted by Crippen LogP contribution is 2.38. The van der Waals surface area contributed by atoms with Gasteiger partial charge >= 0.3 is 0 Å². The first-order chi connectivity index (χ1) is 17.4. The molecule has 0 radical (unpaired) electrons. The Labute approximate surface area is 219 Å². The predicted octanol–water partition coefficient (Wildman–Crippen LogP) is 7.59. The molecular formula is C29H22Cl2N2O3. The van der Waals surface area contributed by atoms with Gasteiger partial charge in [0.25, 0.3) is 5.91 Å². The lowest BCUT2D eigenvalue weighted by Gasteiger charge is -2.14. The molecule has 0 aliphatic heterocycles. The number of amides is 1. The molecule has 1 N–H and O–H groups in total. The summed E-state index contributed by atoms with van der Waals surface area (Å²) in [6.07, 6.45) is 1.44. The summed E-state index contributed by atoms with van der Waals surface area (Å²) >= 11 is 12.7. The van der Waals surface area contributed by atoms with Gasteiger partial charge in [0, 0.05) is 10.7 Å². The summed E-state index contributed by atoms with van der Waals surface area (Å²) in [7, 11) is 1.50. The molecule has 180 valence electrons. The Kier molecular flexibility index (Phi) is 7.80. The van der Waals surface area contributed by atoms with Crippen molar-refractivity contribution in [3.63, 3.8) is 0 Å². The number of aryl methyl sites for hydroxylation is 1. The molecule has 0 saturated heterocycles. The summed E-state index contributed by atoms with van der Waals surface area (Å²) in [6.45, 7) is 2.15. The fraction of sp³-hybridized carbons (Fsp3) is 0.103. The van der Waals surface area contributed by atoms with Crippen LogP contribution in [0.1, 0.15) is 16.7 Å². The topological polar surface area (TPSA) is 71.3 Å². The fourth-order valence-electron chi connectivity index (χ4n) is 3.72. The summed E-state index contributed by atoms with van der Waals surface area (Å²) in [4.78, 5) is 12.7. The summed E-state index contributed by atoms with van der Waals surface area (Å²) < 4.78 is 11.6. The summed E-state index contributed by atoms with van der Waals surface area (Å²) in [5.41, 5.74) is 2.80. The van der Waals surface area contributed by atoms with Crippen LogP contribution in [0.15, 0.2) is 78.4 Å². The zero-order chi connectivity index (χ0) is 25.7. The molecule has 36 heavy (non-hydrogen) atoms. The van der Waals surface area contributed by atoms with E-state index < -0.39 is 5.91 Å². The molecule has 0 saturated carbocycles. The van der Waals surface area contributed by atoms with Crippen LogP contribution in [-0.2, 0) is 11.4 Å². The average molecular weight is 517 g/mol. The van der Waals surface area contributed by atoms with E-state index in [4.69, 9.17) is 32.7 Å². The van der Waals surface area contributed by atoms with Crippen molar-refractivity contribution in [2.75, 3.05) is 12.4 Å². The molecule has 5 nitrogen and oxygen atoms in total. The molecule has 0 aromatic heterocycles. The van der Waals surface area contributed by atoms with Crippen molar-refractivity contribution in [2.45, 2.75) is 13.5 Å². The van der Waals surface area contributed by atoms with Crippen molar-refractivity contribution < 1.29 is 14.3 Å². The van der Waals surface area contributed by atoms with E-state index in [1.807, 2.05) is 55.5 Å². The molecule has 4 aromatic carbocycles. The molecule has 0 aliphatic carbocycles. The van der Waals surface area contributed by atoms with Crippen LogP contribution < -0.4 is 14.8 Å². The minimum absolute atomic E-state index is 0.103. The van der Waals surface area contributed by atoms with Gasteiger partial charge in [0.05, 0.1) is 12.1 Å². The van der Waals surface area contributed by atoms with Crippen molar-refractivity contribution in [3.05, 3.63) is 105 Å². The number of hydrogen-bond donors (Lipinski definition) is 1. The second kappa shape index (κ2) is 11.2. The third-order valence-electron chi connectivity index (χ3n) is 5.61. The number of carbonyl (C=O) groups is 1. The van der Waals surface area contributed by atoms with Gasteiger partial charge in [-0.25, -0.2) is 0 Å². The summed E-state index contributed by atoms with van der Waals surface area (Å²) in [6, 6.07) is 24.4. The highest BCUT2D eigenvalue weighted by atomic mass is 35.5. The Bertz CT molecular complexity index is 1520. The van der Waals surface area contributed by atoms with E-state index in [0.717, 1.165) is 21.9 Å². The van der Waals surface area contributed by atoms with Crippen molar-refractivity contribution in [2.24, 2.45) is 0 Å². The first kappa shape index (κ1) is 25.1. The maximum atomic E-state index is 12.7. The first-order valence-corrected chi connectivity index (χ1v) is 11.8. The number of nitrogens with zero attached hydrogens (tertiary/aromatic N) is 1. The second-order valence-electron chi connectivity index (χ2n) is 8.05. The molecular weight excluding hydrogens is 495 g/mol. The van der Waals surface area contributed by atoms with Gasteiger partial charge in [-0.05, 0) is 64.7 Å². The van der Waals surface area contributed by atoms with E-state index in [9.17, 15) is 10.1 Å². The average Bonchev–Trinajstić information content (AvgIpc) is 2.88. The minimum atomic E-state index is -0.566. The molecule has 4 aromatic rings. The Hall–Kier alpha value is -3.98. The number of carbonyl (C=O) groups excluding carboxylic acids is 1. The normalized spacial score (nSPS) is 11.1. The maximum Gasteiger partial charge on any atom is 0.266 e. The first-order valence-electron chi connectivity index (χ1n) is 11.1. The predicted molar refractivity (Wildman–Crippen MR) is 145 cm³/mol. The van der Waals surface area contributed by atoms with Gasteiger partial charge in [-0.2, -0.15) is 5.26 Å². The minimum Gasteiger partial charge on any atom is -0.493 e. The number of ether oxygens (including phenoxy) is 2. The van der Waals surface area contributed by atoms with Crippen molar-refractivity contribution in [1.29, 1.82) is 5.26 Å². The van der Waals surface area contributed by atoms with Crippen molar-refractivity contribution >= 4 is 51.6 Å². The van der Waals surface area contributed by atoms with Crippen LogP contribution in [0.5, 0.6) is 11.5 Å². The Morgan fingerprint density at radius 1 is 1.03 bits per heavy atom. The van der Waals surface area contributed by atoms with Crippen molar-refractivity contribution in [1.82, 2.24) is 0 Å². The Morgan fingerprint density at radius 3 is 2.56 bits per heavy atom. The number of hydrogen-bond acceptors (Lipinski definition) is 4. The highest BCUT2D eigenvalue weighted by molar-refractivity contribution is 6.32. The van der Waals surface area contributed by atoms with Crippen LogP contribution >= 0.6 is 23.2 Å². The number of methoxy groups -OCH3 is 1. The van der Waals surface area contributed by atoms with Gasteiger partial charge in [0.15, 0.2) is 11.5 Å². The van der Waals surface area contributed by atoms with Crippen LogP contribution in [-0.4, -0.2) is 13.0 Å². The quantitative estimate of drug-likeness (QED) is 0.203. The van der Waals surface area contributed by atoms with Crippen molar-refractivity contribution in [3.8, 4) is 17.6 Å². The molecule has 0 bridgehead atoms. The van der Waals surface area contributed by atoms with Gasteiger partial charge in [-0.15, -0.1) is 0 Å². The Morgan fingerprint density at radius 2 is 1.81 bits per heavy atom. The van der Waals surface area contributed by atoms with Gasteiger partial charge in [0.2, 0.25) is 0 Å². The van der Waals surface area contributed by atoms with Gasteiger partial charge in [-0.1, -0.05) is 71.7 Å². The number of fused-ring (bicyclic) bond motifs is 1. The van der Waals surface area contributed by atoms with E-state index >= 15 is 0 Å². The zero-order valence-electron chi connectivity index (χ0n) is 19.6. The smallest absolute Gasteiger partial charge is 0.266 e. The zero-order valence-corrected chi connectivity index (χ0v) is 21.2. The van der Waals surface area contributed by atoms with Crippen LogP contribution in [0.25, 0.3) is 16.8 Å². The van der Waals surface area contributed by atoms with E-state index in [1.165, 1.54) is 13.2 Å². The third kappa shape index (κ3) is 5.63. The third-order valence-corrected chi connectivity index (χ3v) is 6.30. The molecule has 0 unspecified atom stereocenters. The molecule has 0 atom stereocenters. The maximum absolute atomic E-state index is 12.7. The monoisotopic (exact) mass is 516 g/mol. The molecule has 4 rings (SSSR count). The number of halogens is 2. The standard InChI is InChI=1S/C29H22Cl2N2O3/c1-18-10-11-23(15-25(18)30)33-29(34)22(16-32)12-19-13-26(31)28(27(14-19)35-2)36-17-21-8-5-7-20-6-3-4-9-24(20)21/h3-15H,17H2,1-2H3,(H,33,34)/b22-12-. The molecule has 1 amide bonds. The largest absolute Gasteiger partial charge is 0.493 e. The van der Waals surface area contributed by atoms with Gasteiger partial charge in [-0.3, -0.25) is 4.79 Å². The lowest BCUT2D eigenvalue weighted by atomic mass is 10.1. The molecule has 0 fully saturated rings.